The molecule has 0 N–H and O–H groups in total. The van der Waals surface area contributed by atoms with Crippen molar-refractivity contribution in [3.8, 4) is 0 Å². The van der Waals surface area contributed by atoms with Crippen molar-refractivity contribution in [1.82, 2.24) is 0 Å². The second-order valence-corrected chi connectivity index (χ2v) is 17.1. The van der Waals surface area contributed by atoms with Crippen LogP contribution < -0.4 is 4.89 Å². The van der Waals surface area contributed by atoms with E-state index >= 15 is 0 Å². The Morgan fingerprint density at radius 2 is 1.04 bits per heavy atom. The molecule has 324 valence electrons. The largest absolute Gasteiger partial charge is 0.756 e. The highest BCUT2D eigenvalue weighted by Crippen LogP contribution is 2.38. The second kappa shape index (κ2) is 39.8. The Morgan fingerprint density at radius 1 is 0.571 bits per heavy atom. The Hall–Kier alpha value is -2.06. The summed E-state index contributed by atoms with van der Waals surface area (Å²) < 4.78 is 34.5. The highest BCUT2D eigenvalue weighted by molar-refractivity contribution is 7.45. The first-order valence-corrected chi connectivity index (χ1v) is 23.6. The summed E-state index contributed by atoms with van der Waals surface area (Å²) in [4.78, 5) is 25.0. The summed E-state index contributed by atoms with van der Waals surface area (Å²) >= 11 is 0. The fourth-order valence-electron chi connectivity index (χ4n) is 5.58. The number of phosphoric acid groups is 1. The Morgan fingerprint density at radius 3 is 1.57 bits per heavy atom. The maximum Gasteiger partial charge on any atom is 0.306 e. The fraction of sp³-hybridized carbons (Fsp3) is 0.723. The SMILES string of the molecule is CC/C=C\C/C=C\C/C=C\C/C=C\C/C=C\CCCC(=O)OC(COCCCCCCCC/C=C\CCCCCCCCC)COP(=O)([O-])OCC[N+](C)(C)C. The lowest BCUT2D eigenvalue weighted by Crippen LogP contribution is -2.37. The number of allylic oxidation sites excluding steroid dienone is 12. The number of esters is 1. The molecule has 0 amide bonds. The van der Waals surface area contributed by atoms with E-state index in [0.717, 1.165) is 57.8 Å². The first kappa shape index (κ1) is 53.9. The third-order valence-corrected chi connectivity index (χ3v) is 9.96. The van der Waals surface area contributed by atoms with E-state index in [2.05, 4.69) is 86.8 Å². The van der Waals surface area contributed by atoms with Crippen LogP contribution in [0.4, 0.5) is 0 Å². The Balaban J connectivity index is 4.35. The summed E-state index contributed by atoms with van der Waals surface area (Å²) in [5.41, 5.74) is 0. The van der Waals surface area contributed by atoms with Gasteiger partial charge in [0.05, 0.1) is 34.4 Å². The maximum absolute atomic E-state index is 12.7. The fourth-order valence-corrected chi connectivity index (χ4v) is 6.30. The number of phosphoric ester groups is 1. The quantitative estimate of drug-likeness (QED) is 0.0200. The van der Waals surface area contributed by atoms with Gasteiger partial charge in [0.25, 0.3) is 7.82 Å². The minimum Gasteiger partial charge on any atom is -0.756 e. The summed E-state index contributed by atoms with van der Waals surface area (Å²) in [6, 6.07) is 0. The number of carbonyl (C=O) groups excluding carboxylic acids is 1. The predicted octanol–water partition coefficient (Wildman–Crippen LogP) is 12.5. The number of carbonyl (C=O) groups is 1. The van der Waals surface area contributed by atoms with E-state index in [1.54, 1.807) is 0 Å². The lowest BCUT2D eigenvalue weighted by molar-refractivity contribution is -0.870. The van der Waals surface area contributed by atoms with Crippen LogP contribution in [0.15, 0.2) is 72.9 Å². The van der Waals surface area contributed by atoms with Crippen molar-refractivity contribution in [1.29, 1.82) is 0 Å². The average Bonchev–Trinajstić information content (AvgIpc) is 3.15. The van der Waals surface area contributed by atoms with E-state index in [4.69, 9.17) is 18.5 Å². The highest BCUT2D eigenvalue weighted by atomic mass is 31.2. The van der Waals surface area contributed by atoms with Crippen molar-refractivity contribution in [3.05, 3.63) is 72.9 Å². The van der Waals surface area contributed by atoms with Crippen molar-refractivity contribution >= 4 is 13.8 Å². The molecule has 0 rings (SSSR count). The zero-order chi connectivity index (χ0) is 41.3. The molecule has 56 heavy (non-hydrogen) atoms. The third-order valence-electron chi connectivity index (χ3n) is 8.99. The monoisotopic (exact) mass is 806 g/mol. The van der Waals surface area contributed by atoms with Crippen LogP contribution in [0, 0.1) is 0 Å². The van der Waals surface area contributed by atoms with Gasteiger partial charge in [-0.05, 0) is 77.0 Å². The molecule has 0 fully saturated rings. The lowest BCUT2D eigenvalue weighted by Gasteiger charge is -2.28. The number of unbranched alkanes of at least 4 members (excludes halogenated alkanes) is 14. The van der Waals surface area contributed by atoms with E-state index in [-0.39, 0.29) is 26.2 Å². The molecule has 0 aromatic heterocycles. The molecule has 0 radical (unpaired) electrons. The van der Waals surface area contributed by atoms with Crippen LogP contribution in [0.25, 0.3) is 0 Å². The topological polar surface area (TPSA) is 94.1 Å². The average molecular weight is 806 g/mol. The first-order chi connectivity index (χ1) is 27.1. The molecule has 0 saturated heterocycles. The molecule has 0 spiro atoms. The van der Waals surface area contributed by atoms with Crippen LogP contribution in [-0.2, 0) is 27.9 Å². The maximum atomic E-state index is 12.7. The van der Waals surface area contributed by atoms with Gasteiger partial charge < -0.3 is 27.9 Å². The van der Waals surface area contributed by atoms with Gasteiger partial charge >= 0.3 is 5.97 Å². The van der Waals surface area contributed by atoms with Crippen molar-refractivity contribution in [2.24, 2.45) is 0 Å². The molecular weight excluding hydrogens is 721 g/mol. The minimum atomic E-state index is -4.55. The minimum absolute atomic E-state index is 0.0110. The van der Waals surface area contributed by atoms with E-state index in [0.29, 0.717) is 24.1 Å². The van der Waals surface area contributed by atoms with E-state index < -0.39 is 19.9 Å². The molecule has 0 aliphatic carbocycles. The van der Waals surface area contributed by atoms with Gasteiger partial charge in [0.1, 0.15) is 19.3 Å². The third kappa shape index (κ3) is 43.1. The molecule has 9 heteroatoms. The lowest BCUT2D eigenvalue weighted by atomic mass is 10.1. The van der Waals surface area contributed by atoms with Crippen molar-refractivity contribution < 1.29 is 37.3 Å². The van der Waals surface area contributed by atoms with Gasteiger partial charge in [0.15, 0.2) is 0 Å². The molecule has 0 saturated carbocycles. The molecule has 0 aliphatic heterocycles. The number of hydrogen-bond donors (Lipinski definition) is 0. The van der Waals surface area contributed by atoms with Gasteiger partial charge in [0, 0.05) is 13.0 Å². The van der Waals surface area contributed by atoms with Gasteiger partial charge in [-0.1, -0.05) is 151 Å². The smallest absolute Gasteiger partial charge is 0.306 e. The van der Waals surface area contributed by atoms with Crippen LogP contribution >= 0.6 is 7.82 Å². The van der Waals surface area contributed by atoms with Crippen molar-refractivity contribution in [2.75, 3.05) is 54.1 Å². The normalized spacial score (nSPS) is 14.5. The number of nitrogens with zero attached hydrogens (tertiary/aromatic N) is 1. The number of quaternary nitrogens is 1. The van der Waals surface area contributed by atoms with Crippen molar-refractivity contribution in [3.63, 3.8) is 0 Å². The van der Waals surface area contributed by atoms with Crippen LogP contribution in [-0.4, -0.2) is 70.7 Å². The van der Waals surface area contributed by atoms with Crippen LogP contribution in [0.5, 0.6) is 0 Å². The van der Waals surface area contributed by atoms with E-state index in [9.17, 15) is 14.3 Å². The molecular formula is C47H84NO7P. The number of likely N-dealkylation sites (N-methyl/N-ethyl adjacent to an activating group) is 1. The summed E-state index contributed by atoms with van der Waals surface area (Å²) in [5.74, 6) is -0.395. The van der Waals surface area contributed by atoms with E-state index in [1.807, 2.05) is 21.1 Å². The van der Waals surface area contributed by atoms with Gasteiger partial charge in [0.2, 0.25) is 0 Å². The Labute approximate surface area is 344 Å². The zero-order valence-electron chi connectivity index (χ0n) is 36.6. The zero-order valence-corrected chi connectivity index (χ0v) is 37.5. The molecule has 2 unspecified atom stereocenters. The summed E-state index contributed by atoms with van der Waals surface area (Å²) in [5, 5.41) is 0. The summed E-state index contributed by atoms with van der Waals surface area (Å²) in [6.07, 6.45) is 50.7. The first-order valence-electron chi connectivity index (χ1n) is 22.2. The molecule has 0 aromatic carbocycles. The molecule has 0 aliphatic rings. The predicted molar refractivity (Wildman–Crippen MR) is 235 cm³/mol. The van der Waals surface area contributed by atoms with Crippen LogP contribution in [0.2, 0.25) is 0 Å². The highest BCUT2D eigenvalue weighted by Gasteiger charge is 2.20. The second-order valence-electron chi connectivity index (χ2n) is 15.7. The number of hydrogen-bond acceptors (Lipinski definition) is 7. The molecule has 2 atom stereocenters. The molecule has 0 heterocycles. The molecule has 8 nitrogen and oxygen atoms in total. The van der Waals surface area contributed by atoms with Gasteiger partial charge in [-0.15, -0.1) is 0 Å². The molecule has 0 bridgehead atoms. The van der Waals surface area contributed by atoms with E-state index in [1.165, 1.54) is 77.0 Å². The van der Waals surface area contributed by atoms with Gasteiger partial charge in [-0.2, -0.15) is 0 Å². The summed E-state index contributed by atoms with van der Waals surface area (Å²) in [6.45, 7) is 5.19. The standard InChI is InChI=1S/C47H84NO7P/c1-6-8-10-12-14-16-18-20-22-24-26-28-30-32-34-36-38-40-47(49)55-46(45-54-56(50,51)53-43-41-48(3,4)5)44-52-42-39-37-35-33-31-29-27-25-23-21-19-17-15-13-11-9-7-2/h8,10,14,16,20,22-23,25-26,28,32,34,46H,6-7,9,11-13,15,17-19,21,24,27,29-31,33,35-45H2,1-5H3/b10-8-,16-14-,22-20-,25-23-,28-26-,34-32-. The van der Waals surface area contributed by atoms with Crippen molar-refractivity contribution in [2.45, 2.75) is 168 Å². The Bertz CT molecular complexity index is 1120. The van der Waals surface area contributed by atoms with Crippen LogP contribution in [0.3, 0.4) is 0 Å². The molecule has 0 aromatic rings. The van der Waals surface area contributed by atoms with Gasteiger partial charge in [-0.3, -0.25) is 9.36 Å². The van der Waals surface area contributed by atoms with Gasteiger partial charge in [-0.25, -0.2) is 0 Å². The Kier molecular flexibility index (Phi) is 38.3. The van der Waals surface area contributed by atoms with Crippen LogP contribution in [0.1, 0.15) is 162 Å². The number of ether oxygens (including phenoxy) is 2. The number of rotatable bonds is 40. The summed E-state index contributed by atoms with van der Waals surface area (Å²) in [7, 11) is 1.31.